The first-order chi connectivity index (χ1) is 9.33. The Bertz CT molecular complexity index is 388. The predicted octanol–water partition coefficient (Wildman–Crippen LogP) is 3.12. The topological polar surface area (TPSA) is 21.7 Å². The van der Waals surface area contributed by atoms with Crippen molar-refractivity contribution in [2.75, 3.05) is 32.8 Å². The molecule has 0 radical (unpaired) electrons. The van der Waals surface area contributed by atoms with Gasteiger partial charge in [-0.15, -0.1) is 0 Å². The number of fused-ring (bicyclic) bond motifs is 1. The molecule has 1 heterocycles. The monoisotopic (exact) mass is 263 g/mol. The molecular weight excluding hydrogens is 238 g/mol. The van der Waals surface area contributed by atoms with Crippen molar-refractivity contribution in [1.29, 1.82) is 0 Å². The lowest BCUT2D eigenvalue weighted by Gasteiger charge is -2.19. The van der Waals surface area contributed by atoms with Gasteiger partial charge in [-0.2, -0.15) is 0 Å². The second-order valence-corrected chi connectivity index (χ2v) is 4.95. The summed E-state index contributed by atoms with van der Waals surface area (Å²) >= 11 is 0. The summed E-state index contributed by atoms with van der Waals surface area (Å²) in [6.07, 6.45) is 3.31. The fourth-order valence-electron chi connectivity index (χ4n) is 2.43. The Kier molecular flexibility index (Phi) is 5.52. The highest BCUT2D eigenvalue weighted by Crippen LogP contribution is 2.28. The van der Waals surface area contributed by atoms with Crippen LogP contribution in [0.25, 0.3) is 0 Å². The zero-order valence-corrected chi connectivity index (χ0v) is 12.2. The second-order valence-electron chi connectivity index (χ2n) is 4.95. The van der Waals surface area contributed by atoms with Gasteiger partial charge in [-0.1, -0.05) is 19.9 Å². The van der Waals surface area contributed by atoms with E-state index in [0.29, 0.717) is 0 Å². The zero-order chi connectivity index (χ0) is 13.5. The Morgan fingerprint density at radius 2 is 2.11 bits per heavy atom. The molecule has 1 aliphatic rings. The van der Waals surface area contributed by atoms with E-state index in [1.165, 1.54) is 5.56 Å². The van der Waals surface area contributed by atoms with Crippen LogP contribution in [0.2, 0.25) is 0 Å². The lowest BCUT2D eigenvalue weighted by Crippen LogP contribution is -2.25. The first-order valence-corrected chi connectivity index (χ1v) is 7.44. The van der Waals surface area contributed by atoms with Crippen LogP contribution >= 0.6 is 0 Å². The third-order valence-electron chi connectivity index (χ3n) is 3.67. The van der Waals surface area contributed by atoms with Gasteiger partial charge in [0.15, 0.2) is 0 Å². The summed E-state index contributed by atoms with van der Waals surface area (Å²) in [5.74, 6) is 1.94. The number of hydrogen-bond acceptors (Lipinski definition) is 3. The summed E-state index contributed by atoms with van der Waals surface area (Å²) in [5.41, 5.74) is 1.31. The molecule has 0 aliphatic carbocycles. The number of nitrogens with zero attached hydrogens (tertiary/aromatic N) is 1. The molecule has 0 unspecified atom stereocenters. The van der Waals surface area contributed by atoms with Gasteiger partial charge in [-0.3, -0.25) is 0 Å². The largest absolute Gasteiger partial charge is 0.493 e. The van der Waals surface area contributed by atoms with Crippen molar-refractivity contribution in [2.24, 2.45) is 0 Å². The van der Waals surface area contributed by atoms with Crippen molar-refractivity contribution in [3.8, 4) is 11.5 Å². The van der Waals surface area contributed by atoms with E-state index < -0.39 is 0 Å². The third kappa shape index (κ3) is 4.13. The Labute approximate surface area is 116 Å². The maximum atomic E-state index is 5.80. The summed E-state index contributed by atoms with van der Waals surface area (Å²) in [5, 5.41) is 0. The molecule has 0 atom stereocenters. The van der Waals surface area contributed by atoms with E-state index >= 15 is 0 Å². The fourth-order valence-corrected chi connectivity index (χ4v) is 2.43. The number of aryl methyl sites for hydroxylation is 1. The Morgan fingerprint density at radius 1 is 1.26 bits per heavy atom. The minimum atomic E-state index is 0.773. The van der Waals surface area contributed by atoms with E-state index in [1.54, 1.807) is 0 Å². The first-order valence-electron chi connectivity index (χ1n) is 7.44. The molecule has 0 spiro atoms. The summed E-state index contributed by atoms with van der Waals surface area (Å²) in [6.45, 7) is 9.34. The Hall–Kier alpha value is -1.22. The lowest BCUT2D eigenvalue weighted by atomic mass is 10.1. The van der Waals surface area contributed by atoms with Gasteiger partial charge < -0.3 is 14.4 Å². The van der Waals surface area contributed by atoms with Crippen LogP contribution in [0, 0.1) is 0 Å². The van der Waals surface area contributed by atoms with Gasteiger partial charge in [-0.05, 0) is 44.0 Å². The molecule has 19 heavy (non-hydrogen) atoms. The van der Waals surface area contributed by atoms with Crippen LogP contribution in [0.1, 0.15) is 32.3 Å². The lowest BCUT2D eigenvalue weighted by molar-refractivity contribution is 0.246. The molecule has 106 valence electrons. The average Bonchev–Trinajstić information content (AvgIpc) is 2.47. The van der Waals surface area contributed by atoms with Crippen LogP contribution in [-0.2, 0) is 6.42 Å². The first kappa shape index (κ1) is 14.2. The van der Waals surface area contributed by atoms with Crippen LogP contribution in [0.3, 0.4) is 0 Å². The molecule has 3 nitrogen and oxygen atoms in total. The van der Waals surface area contributed by atoms with Gasteiger partial charge in [-0.25, -0.2) is 0 Å². The van der Waals surface area contributed by atoms with Crippen molar-refractivity contribution in [3.63, 3.8) is 0 Å². The maximum Gasteiger partial charge on any atom is 0.126 e. The highest BCUT2D eigenvalue weighted by Gasteiger charge is 2.10. The van der Waals surface area contributed by atoms with Crippen molar-refractivity contribution >= 4 is 0 Å². The normalized spacial score (nSPS) is 14.1. The quantitative estimate of drug-likeness (QED) is 0.706. The zero-order valence-electron chi connectivity index (χ0n) is 12.2. The van der Waals surface area contributed by atoms with E-state index in [2.05, 4.69) is 30.9 Å². The van der Waals surface area contributed by atoms with E-state index in [0.717, 1.165) is 63.6 Å². The summed E-state index contributed by atoms with van der Waals surface area (Å²) < 4.78 is 11.5. The van der Waals surface area contributed by atoms with Gasteiger partial charge in [0.25, 0.3) is 0 Å². The van der Waals surface area contributed by atoms with E-state index in [1.807, 2.05) is 6.07 Å². The van der Waals surface area contributed by atoms with E-state index in [4.69, 9.17) is 9.47 Å². The van der Waals surface area contributed by atoms with Gasteiger partial charge in [0.05, 0.1) is 13.2 Å². The highest BCUT2D eigenvalue weighted by molar-refractivity contribution is 5.41. The maximum absolute atomic E-state index is 5.80. The summed E-state index contributed by atoms with van der Waals surface area (Å²) in [6, 6.07) is 6.23. The molecule has 2 rings (SSSR count). The molecule has 0 fully saturated rings. The van der Waals surface area contributed by atoms with E-state index in [-0.39, 0.29) is 0 Å². The number of ether oxygens (including phenoxy) is 2. The molecule has 0 N–H and O–H groups in total. The SMILES string of the molecule is CCN(CC)CCCOc1ccc2c(c1)OCCC2. The number of hydrogen-bond donors (Lipinski definition) is 0. The molecule has 0 saturated heterocycles. The highest BCUT2D eigenvalue weighted by atomic mass is 16.5. The smallest absolute Gasteiger partial charge is 0.126 e. The molecule has 1 aliphatic heterocycles. The average molecular weight is 263 g/mol. The fraction of sp³-hybridized carbons (Fsp3) is 0.625. The second kappa shape index (κ2) is 7.39. The molecule has 0 bridgehead atoms. The van der Waals surface area contributed by atoms with Crippen LogP contribution in [-0.4, -0.2) is 37.7 Å². The van der Waals surface area contributed by atoms with Crippen molar-refractivity contribution in [3.05, 3.63) is 23.8 Å². The standard InChI is InChI=1S/C16H25NO2/c1-3-17(4-2)10-6-12-18-15-9-8-14-7-5-11-19-16(14)13-15/h8-9,13H,3-7,10-12H2,1-2H3. The van der Waals surface area contributed by atoms with E-state index in [9.17, 15) is 0 Å². The van der Waals surface area contributed by atoms with Gasteiger partial charge in [0, 0.05) is 12.6 Å². The minimum absolute atomic E-state index is 0.773. The van der Waals surface area contributed by atoms with Crippen LogP contribution in [0.5, 0.6) is 11.5 Å². The summed E-state index contributed by atoms with van der Waals surface area (Å²) in [7, 11) is 0. The Balaban J connectivity index is 1.77. The molecule has 1 aromatic carbocycles. The molecule has 1 aromatic rings. The van der Waals surface area contributed by atoms with Gasteiger partial charge in [0.1, 0.15) is 11.5 Å². The van der Waals surface area contributed by atoms with Crippen molar-refractivity contribution in [1.82, 2.24) is 4.90 Å². The van der Waals surface area contributed by atoms with Gasteiger partial charge in [0.2, 0.25) is 0 Å². The number of rotatable bonds is 7. The predicted molar refractivity (Wildman–Crippen MR) is 78.2 cm³/mol. The molecule has 3 heteroatoms. The van der Waals surface area contributed by atoms with Crippen LogP contribution < -0.4 is 9.47 Å². The summed E-state index contributed by atoms with van der Waals surface area (Å²) in [4.78, 5) is 2.42. The van der Waals surface area contributed by atoms with Gasteiger partial charge >= 0.3 is 0 Å². The van der Waals surface area contributed by atoms with Crippen LogP contribution in [0.4, 0.5) is 0 Å². The molecule has 0 aromatic heterocycles. The van der Waals surface area contributed by atoms with Crippen LogP contribution in [0.15, 0.2) is 18.2 Å². The molecule has 0 saturated carbocycles. The van der Waals surface area contributed by atoms with Crippen molar-refractivity contribution < 1.29 is 9.47 Å². The van der Waals surface area contributed by atoms with Crippen molar-refractivity contribution in [2.45, 2.75) is 33.1 Å². The Morgan fingerprint density at radius 3 is 2.89 bits per heavy atom. The number of benzene rings is 1. The molecular formula is C16H25NO2. The third-order valence-corrected chi connectivity index (χ3v) is 3.67. The minimum Gasteiger partial charge on any atom is -0.493 e. The molecule has 0 amide bonds.